The van der Waals surface area contributed by atoms with Gasteiger partial charge in [0.2, 0.25) is 0 Å². The highest BCUT2D eigenvalue weighted by Crippen LogP contribution is 2.15. The van der Waals surface area contributed by atoms with E-state index in [0.29, 0.717) is 6.42 Å². The molecular weight excluding hydrogens is 276 g/mol. The molecule has 0 heterocycles. The molecule has 22 heavy (non-hydrogen) atoms. The van der Waals surface area contributed by atoms with Gasteiger partial charge in [-0.2, -0.15) is 0 Å². The van der Waals surface area contributed by atoms with Crippen molar-refractivity contribution >= 4 is 5.97 Å². The molecule has 0 spiro atoms. The smallest absolute Gasteiger partial charge is 0.308 e. The molecule has 0 unspecified atom stereocenters. The summed E-state index contributed by atoms with van der Waals surface area (Å²) in [7, 11) is 0. The molecule has 3 heteroatoms. The van der Waals surface area contributed by atoms with Crippen molar-refractivity contribution in [1.29, 1.82) is 0 Å². The van der Waals surface area contributed by atoms with Crippen LogP contribution in [0.2, 0.25) is 0 Å². The fourth-order valence-electron chi connectivity index (χ4n) is 2.79. The summed E-state index contributed by atoms with van der Waals surface area (Å²) >= 11 is 0. The third-order valence-corrected chi connectivity index (χ3v) is 4.57. The molecule has 0 aromatic heterocycles. The average Bonchev–Trinajstić information content (AvgIpc) is 2.50. The minimum absolute atomic E-state index is 0.616. The van der Waals surface area contributed by atoms with Crippen LogP contribution in [0.1, 0.15) is 104 Å². The van der Waals surface area contributed by atoms with Gasteiger partial charge in [0, 0.05) is 0 Å². The van der Waals surface area contributed by atoms with Gasteiger partial charge in [0.15, 0.2) is 0 Å². The van der Waals surface area contributed by atoms with Gasteiger partial charge in [-0.25, -0.2) is 0 Å². The molecule has 132 valence electrons. The van der Waals surface area contributed by atoms with Crippen molar-refractivity contribution < 1.29 is 15.0 Å². The van der Waals surface area contributed by atoms with Gasteiger partial charge in [-0.3, -0.25) is 4.79 Å². The largest absolute Gasteiger partial charge is 0.481 e. The van der Waals surface area contributed by atoms with Crippen LogP contribution in [-0.2, 0) is 4.79 Å². The summed E-state index contributed by atoms with van der Waals surface area (Å²) in [5, 5.41) is 18.5. The number of carboxylic acids is 1. The van der Waals surface area contributed by atoms with Gasteiger partial charge < -0.3 is 10.2 Å². The molecule has 0 aromatic rings. The van der Waals surface area contributed by atoms with Gasteiger partial charge in [-0.05, 0) is 13.3 Å². The monoisotopic (exact) mass is 314 g/mol. The minimum atomic E-state index is -0.901. The molecule has 0 radical (unpaired) electrons. The summed E-state index contributed by atoms with van der Waals surface area (Å²) in [5.74, 6) is -1.54. The Balaban J connectivity index is 3.19. The highest BCUT2D eigenvalue weighted by Gasteiger charge is 2.20. The molecule has 0 bridgehead atoms. The van der Waals surface area contributed by atoms with E-state index in [-0.39, 0.29) is 0 Å². The first-order chi connectivity index (χ1) is 10.6. The summed E-state index contributed by atoms with van der Waals surface area (Å²) in [6.07, 6.45) is 16.8. The van der Waals surface area contributed by atoms with Gasteiger partial charge >= 0.3 is 5.97 Å². The second-order valence-corrected chi connectivity index (χ2v) is 6.73. The summed E-state index contributed by atoms with van der Waals surface area (Å²) in [6, 6.07) is 0. The number of unbranched alkanes of at least 4 members (excludes halogenated alkanes) is 12. The Bertz CT molecular complexity index is 253. The maximum atomic E-state index is 10.7. The first-order valence-electron chi connectivity index (χ1n) is 9.50. The summed E-state index contributed by atoms with van der Waals surface area (Å²) in [5.41, 5.74) is 0. The molecule has 0 saturated carbocycles. The Hall–Kier alpha value is -0.570. The zero-order valence-electron chi connectivity index (χ0n) is 14.9. The quantitative estimate of drug-likeness (QED) is 0.367. The number of aliphatic hydroxyl groups excluding tert-OH is 1. The zero-order valence-corrected chi connectivity index (χ0v) is 14.9. The van der Waals surface area contributed by atoms with E-state index in [2.05, 4.69) is 6.92 Å². The zero-order chi connectivity index (χ0) is 16.6. The second-order valence-electron chi connectivity index (χ2n) is 6.73. The molecule has 0 fully saturated rings. The highest BCUT2D eigenvalue weighted by molar-refractivity contribution is 5.70. The second kappa shape index (κ2) is 15.3. The van der Waals surface area contributed by atoms with Crippen molar-refractivity contribution in [2.24, 2.45) is 5.92 Å². The fourth-order valence-corrected chi connectivity index (χ4v) is 2.79. The molecule has 2 N–H and O–H groups in total. The SMILES string of the molecule is CCCCCCCCCCCCCCC[C@H](O)[C@@H](C)C(=O)O. The van der Waals surface area contributed by atoms with E-state index in [0.717, 1.165) is 12.8 Å². The van der Waals surface area contributed by atoms with E-state index >= 15 is 0 Å². The molecule has 0 aromatic carbocycles. The van der Waals surface area contributed by atoms with Crippen LogP contribution in [0.5, 0.6) is 0 Å². The maximum absolute atomic E-state index is 10.7. The Labute approximate surface area is 137 Å². The topological polar surface area (TPSA) is 57.5 Å². The number of aliphatic carboxylic acids is 1. The van der Waals surface area contributed by atoms with Gasteiger partial charge in [0.25, 0.3) is 0 Å². The van der Waals surface area contributed by atoms with Crippen molar-refractivity contribution in [3.63, 3.8) is 0 Å². The van der Waals surface area contributed by atoms with E-state index < -0.39 is 18.0 Å². The highest BCUT2D eigenvalue weighted by atomic mass is 16.4. The summed E-state index contributed by atoms with van der Waals surface area (Å²) < 4.78 is 0. The van der Waals surface area contributed by atoms with E-state index in [1.807, 2.05) is 0 Å². The summed E-state index contributed by atoms with van der Waals surface area (Å²) in [6.45, 7) is 3.84. The number of carboxylic acid groups (broad SMARTS) is 1. The molecule has 2 atom stereocenters. The lowest BCUT2D eigenvalue weighted by Gasteiger charge is -2.14. The number of carbonyl (C=O) groups is 1. The number of aliphatic hydroxyl groups is 1. The van der Waals surface area contributed by atoms with Crippen LogP contribution in [0.15, 0.2) is 0 Å². The Morgan fingerprint density at radius 3 is 1.50 bits per heavy atom. The Kier molecular flexibility index (Phi) is 14.9. The van der Waals surface area contributed by atoms with Gasteiger partial charge in [0.1, 0.15) is 0 Å². The average molecular weight is 315 g/mol. The molecule has 0 saturated heterocycles. The van der Waals surface area contributed by atoms with Crippen LogP contribution in [0.3, 0.4) is 0 Å². The van der Waals surface area contributed by atoms with Crippen LogP contribution in [0, 0.1) is 5.92 Å². The van der Waals surface area contributed by atoms with Crippen molar-refractivity contribution in [2.75, 3.05) is 0 Å². The standard InChI is InChI=1S/C19H38O3/c1-3-4-5-6-7-8-9-10-11-12-13-14-15-16-18(20)17(2)19(21)22/h17-18,20H,3-16H2,1-2H3,(H,21,22)/t17-,18+/m1/s1. The van der Waals surface area contributed by atoms with Crippen molar-refractivity contribution in [2.45, 2.75) is 110 Å². The van der Waals surface area contributed by atoms with Gasteiger partial charge in [-0.1, -0.05) is 90.4 Å². The van der Waals surface area contributed by atoms with E-state index in [1.54, 1.807) is 6.92 Å². The molecule has 3 nitrogen and oxygen atoms in total. The lowest BCUT2D eigenvalue weighted by Crippen LogP contribution is -2.25. The first-order valence-corrected chi connectivity index (χ1v) is 9.50. The normalized spacial score (nSPS) is 14.0. The maximum Gasteiger partial charge on any atom is 0.308 e. The minimum Gasteiger partial charge on any atom is -0.481 e. The first kappa shape index (κ1) is 21.4. The molecule has 0 aliphatic heterocycles. The van der Waals surface area contributed by atoms with Crippen molar-refractivity contribution in [1.82, 2.24) is 0 Å². The Morgan fingerprint density at radius 1 is 0.773 bits per heavy atom. The van der Waals surface area contributed by atoms with Crippen LogP contribution >= 0.6 is 0 Å². The Morgan fingerprint density at radius 2 is 1.14 bits per heavy atom. The van der Waals surface area contributed by atoms with Gasteiger partial charge in [-0.15, -0.1) is 0 Å². The lowest BCUT2D eigenvalue weighted by atomic mass is 9.98. The fraction of sp³-hybridized carbons (Fsp3) is 0.947. The molecule has 0 aliphatic rings. The lowest BCUT2D eigenvalue weighted by molar-refractivity contribution is -0.144. The van der Waals surface area contributed by atoms with Crippen molar-refractivity contribution in [3.8, 4) is 0 Å². The molecular formula is C19H38O3. The van der Waals surface area contributed by atoms with Crippen LogP contribution in [0.4, 0.5) is 0 Å². The van der Waals surface area contributed by atoms with E-state index in [4.69, 9.17) is 5.11 Å². The van der Waals surface area contributed by atoms with Crippen molar-refractivity contribution in [3.05, 3.63) is 0 Å². The van der Waals surface area contributed by atoms with Gasteiger partial charge in [0.05, 0.1) is 12.0 Å². The van der Waals surface area contributed by atoms with Crippen LogP contribution < -0.4 is 0 Å². The molecule has 0 aliphatic carbocycles. The third kappa shape index (κ3) is 13.1. The molecule has 0 amide bonds. The number of hydrogen-bond donors (Lipinski definition) is 2. The molecule has 0 rings (SSSR count). The van der Waals surface area contributed by atoms with E-state index in [1.165, 1.54) is 70.6 Å². The van der Waals surface area contributed by atoms with Crippen LogP contribution in [0.25, 0.3) is 0 Å². The van der Waals surface area contributed by atoms with E-state index in [9.17, 15) is 9.90 Å². The third-order valence-electron chi connectivity index (χ3n) is 4.57. The summed E-state index contributed by atoms with van der Waals surface area (Å²) in [4.78, 5) is 10.7. The predicted molar refractivity (Wildman–Crippen MR) is 93.1 cm³/mol. The number of rotatable bonds is 16. The number of hydrogen-bond acceptors (Lipinski definition) is 2. The van der Waals surface area contributed by atoms with Crippen LogP contribution in [-0.4, -0.2) is 22.3 Å². The predicted octanol–water partition coefficient (Wildman–Crippen LogP) is 5.55.